The van der Waals surface area contributed by atoms with Gasteiger partial charge in [-0.25, -0.2) is 10.8 Å². The van der Waals surface area contributed by atoms with Crippen molar-refractivity contribution in [2.45, 2.75) is 0 Å². The highest BCUT2D eigenvalue weighted by Gasteiger charge is 2.03. The van der Waals surface area contributed by atoms with E-state index in [2.05, 4.69) is 20.7 Å². The highest BCUT2D eigenvalue weighted by molar-refractivity contribution is 6.32. The minimum absolute atomic E-state index is 0.333. The van der Waals surface area contributed by atoms with Crippen molar-refractivity contribution in [1.29, 1.82) is 0 Å². The molecule has 0 bridgehead atoms. The van der Waals surface area contributed by atoms with E-state index in [1.165, 1.54) is 0 Å². The molecule has 0 fully saturated rings. The van der Waals surface area contributed by atoms with Crippen LogP contribution in [0.3, 0.4) is 0 Å². The number of halogens is 1. The second-order valence-electron chi connectivity index (χ2n) is 3.38. The van der Waals surface area contributed by atoms with E-state index in [0.29, 0.717) is 22.5 Å². The number of ether oxygens (including phenoxy) is 1. The summed E-state index contributed by atoms with van der Waals surface area (Å²) in [5, 5.41) is 3.61. The van der Waals surface area contributed by atoms with Crippen LogP contribution in [0.2, 0.25) is 5.02 Å². The molecule has 0 atom stereocenters. The monoisotopic (exact) mass is 265 g/mol. The fourth-order valence-corrected chi connectivity index (χ4v) is 1.65. The van der Waals surface area contributed by atoms with Gasteiger partial charge in [-0.15, -0.1) is 0 Å². The van der Waals surface area contributed by atoms with Gasteiger partial charge in [0.25, 0.3) is 0 Å². The van der Waals surface area contributed by atoms with Crippen LogP contribution in [0.5, 0.6) is 5.75 Å². The lowest BCUT2D eigenvalue weighted by atomic mass is 10.3. The topological polar surface area (TPSA) is 85.1 Å². The third kappa shape index (κ3) is 2.79. The molecule has 2 aromatic rings. The SMILES string of the molecule is COc1ccc(Nc2ccnc(NN)n2)cc1Cl. The number of methoxy groups -OCH3 is 1. The molecule has 7 heteroatoms. The predicted molar refractivity (Wildman–Crippen MR) is 71.1 cm³/mol. The number of nitrogens with one attached hydrogen (secondary N) is 2. The second-order valence-corrected chi connectivity index (χ2v) is 3.79. The molecule has 0 aliphatic rings. The smallest absolute Gasteiger partial charge is 0.239 e. The highest BCUT2D eigenvalue weighted by Crippen LogP contribution is 2.28. The van der Waals surface area contributed by atoms with Gasteiger partial charge < -0.3 is 10.1 Å². The summed E-state index contributed by atoms with van der Waals surface area (Å²) in [6.07, 6.45) is 1.59. The van der Waals surface area contributed by atoms with Gasteiger partial charge in [0.05, 0.1) is 12.1 Å². The van der Waals surface area contributed by atoms with Gasteiger partial charge in [-0.1, -0.05) is 11.6 Å². The molecule has 4 N–H and O–H groups in total. The first-order valence-corrected chi connectivity index (χ1v) is 5.51. The van der Waals surface area contributed by atoms with Crippen LogP contribution in [0.15, 0.2) is 30.5 Å². The summed E-state index contributed by atoms with van der Waals surface area (Å²) in [6.45, 7) is 0. The summed E-state index contributed by atoms with van der Waals surface area (Å²) in [5.74, 6) is 6.80. The minimum Gasteiger partial charge on any atom is -0.495 e. The number of rotatable bonds is 4. The Morgan fingerprint density at radius 2 is 2.17 bits per heavy atom. The Balaban J connectivity index is 2.20. The van der Waals surface area contributed by atoms with Crippen molar-refractivity contribution in [2.75, 3.05) is 17.9 Å². The van der Waals surface area contributed by atoms with Crippen molar-refractivity contribution in [3.05, 3.63) is 35.5 Å². The molecule has 0 aliphatic heterocycles. The van der Waals surface area contributed by atoms with E-state index in [0.717, 1.165) is 5.69 Å². The highest BCUT2D eigenvalue weighted by atomic mass is 35.5. The molecule has 0 aliphatic carbocycles. The number of nitrogen functional groups attached to an aromatic ring is 1. The number of aromatic nitrogens is 2. The summed E-state index contributed by atoms with van der Waals surface area (Å²) >= 11 is 6.02. The number of nitrogens with two attached hydrogens (primary N) is 1. The lowest BCUT2D eigenvalue weighted by Crippen LogP contribution is -2.10. The van der Waals surface area contributed by atoms with E-state index < -0.39 is 0 Å². The number of benzene rings is 1. The van der Waals surface area contributed by atoms with Gasteiger partial charge in [0.2, 0.25) is 5.95 Å². The quantitative estimate of drug-likeness (QED) is 0.580. The molecule has 0 radical (unpaired) electrons. The Morgan fingerprint density at radius 3 is 2.83 bits per heavy atom. The Morgan fingerprint density at radius 1 is 1.33 bits per heavy atom. The van der Waals surface area contributed by atoms with Crippen LogP contribution < -0.4 is 21.3 Å². The van der Waals surface area contributed by atoms with E-state index in [1.54, 1.807) is 31.5 Å². The van der Waals surface area contributed by atoms with Gasteiger partial charge in [-0.2, -0.15) is 4.98 Å². The van der Waals surface area contributed by atoms with Crippen LogP contribution in [0.1, 0.15) is 0 Å². The number of nitrogens with zero attached hydrogens (tertiary/aromatic N) is 2. The van der Waals surface area contributed by atoms with Gasteiger partial charge in [0.1, 0.15) is 11.6 Å². The maximum Gasteiger partial charge on any atom is 0.239 e. The van der Waals surface area contributed by atoms with Gasteiger partial charge in [-0.3, -0.25) is 5.43 Å². The largest absolute Gasteiger partial charge is 0.495 e. The first-order valence-electron chi connectivity index (χ1n) is 5.13. The van der Waals surface area contributed by atoms with Crippen molar-refractivity contribution in [3.63, 3.8) is 0 Å². The molecule has 0 saturated carbocycles. The average molecular weight is 266 g/mol. The van der Waals surface area contributed by atoms with Crippen LogP contribution in [-0.2, 0) is 0 Å². The average Bonchev–Trinajstić information content (AvgIpc) is 2.39. The number of hydrogen-bond acceptors (Lipinski definition) is 6. The zero-order chi connectivity index (χ0) is 13.0. The van der Waals surface area contributed by atoms with E-state index in [4.69, 9.17) is 22.2 Å². The molecule has 0 saturated heterocycles. The maximum atomic E-state index is 6.02. The fourth-order valence-electron chi connectivity index (χ4n) is 1.39. The molecule has 0 spiro atoms. The van der Waals surface area contributed by atoms with Gasteiger partial charge in [0, 0.05) is 11.9 Å². The Bertz CT molecular complexity index is 549. The third-order valence-corrected chi connectivity index (χ3v) is 2.50. The van der Waals surface area contributed by atoms with Crippen molar-refractivity contribution >= 4 is 29.1 Å². The van der Waals surface area contributed by atoms with E-state index >= 15 is 0 Å². The molecule has 94 valence electrons. The van der Waals surface area contributed by atoms with Crippen LogP contribution >= 0.6 is 11.6 Å². The van der Waals surface area contributed by atoms with E-state index in [-0.39, 0.29) is 0 Å². The summed E-state index contributed by atoms with van der Waals surface area (Å²) < 4.78 is 5.07. The van der Waals surface area contributed by atoms with Crippen LogP contribution in [0, 0.1) is 0 Å². The molecule has 0 amide bonds. The standard InChI is InChI=1S/C11H12ClN5O/c1-18-9-3-2-7(6-8(9)12)15-10-4-5-14-11(16-10)17-13/h2-6H,13H2,1H3,(H2,14,15,16,17). The van der Waals surface area contributed by atoms with Crippen molar-refractivity contribution in [2.24, 2.45) is 5.84 Å². The fraction of sp³-hybridized carbons (Fsp3) is 0.0909. The molecule has 0 unspecified atom stereocenters. The Kier molecular flexibility index (Phi) is 3.81. The molecule has 2 rings (SSSR count). The van der Waals surface area contributed by atoms with E-state index in [9.17, 15) is 0 Å². The summed E-state index contributed by atoms with van der Waals surface area (Å²) in [4.78, 5) is 8.04. The first-order chi connectivity index (χ1) is 8.72. The summed E-state index contributed by atoms with van der Waals surface area (Å²) in [5.41, 5.74) is 3.17. The van der Waals surface area contributed by atoms with Gasteiger partial charge in [-0.05, 0) is 24.3 Å². The summed E-state index contributed by atoms with van der Waals surface area (Å²) in [7, 11) is 1.57. The molecular weight excluding hydrogens is 254 g/mol. The number of anilines is 3. The van der Waals surface area contributed by atoms with Gasteiger partial charge >= 0.3 is 0 Å². The molecule has 1 heterocycles. The lowest BCUT2D eigenvalue weighted by molar-refractivity contribution is 0.415. The molecule has 6 nitrogen and oxygen atoms in total. The normalized spacial score (nSPS) is 9.94. The molecular formula is C11H12ClN5O. The van der Waals surface area contributed by atoms with Crippen LogP contribution in [0.25, 0.3) is 0 Å². The number of hydrazine groups is 1. The van der Waals surface area contributed by atoms with Crippen LogP contribution in [0.4, 0.5) is 17.5 Å². The van der Waals surface area contributed by atoms with Crippen molar-refractivity contribution in [3.8, 4) is 5.75 Å². The minimum atomic E-state index is 0.333. The number of hydrogen-bond donors (Lipinski definition) is 3. The second kappa shape index (κ2) is 5.52. The van der Waals surface area contributed by atoms with Crippen molar-refractivity contribution in [1.82, 2.24) is 9.97 Å². The van der Waals surface area contributed by atoms with Crippen molar-refractivity contribution < 1.29 is 4.74 Å². The predicted octanol–water partition coefficient (Wildman–Crippen LogP) is 2.17. The maximum absolute atomic E-state index is 6.02. The summed E-state index contributed by atoms with van der Waals surface area (Å²) in [6, 6.07) is 7.08. The molecule has 1 aromatic heterocycles. The molecule has 1 aromatic carbocycles. The van der Waals surface area contributed by atoms with Gasteiger partial charge in [0.15, 0.2) is 0 Å². The molecule has 18 heavy (non-hydrogen) atoms. The zero-order valence-electron chi connectivity index (χ0n) is 9.64. The van der Waals surface area contributed by atoms with Crippen LogP contribution in [-0.4, -0.2) is 17.1 Å². The lowest BCUT2D eigenvalue weighted by Gasteiger charge is -2.08. The first kappa shape index (κ1) is 12.4. The third-order valence-electron chi connectivity index (χ3n) is 2.21. The zero-order valence-corrected chi connectivity index (χ0v) is 10.4. The van der Waals surface area contributed by atoms with E-state index in [1.807, 2.05) is 6.07 Å². The Labute approximate surface area is 109 Å². The Hall–Kier alpha value is -2.05.